The van der Waals surface area contributed by atoms with Crippen LogP contribution in [-0.4, -0.2) is 29.7 Å². The lowest BCUT2D eigenvalue weighted by Crippen LogP contribution is -2.27. The van der Waals surface area contributed by atoms with Crippen LogP contribution in [-0.2, 0) is 23.9 Å². The molecule has 1 N–H and O–H groups in total. The minimum Gasteiger partial charge on any atom is -0.377 e. The molecule has 1 aromatic heterocycles. The number of nitrogens with zero attached hydrogens (tertiary/aromatic N) is 2. The smallest absolute Gasteiger partial charge is 0.377 e. The number of hydrogen-bond donors (Lipinski definition) is 1. The summed E-state index contributed by atoms with van der Waals surface area (Å²) < 4.78 is 48.0. The minimum atomic E-state index is -4.50. The van der Waals surface area contributed by atoms with E-state index in [-0.39, 0.29) is 25.1 Å². The molecule has 0 aliphatic rings. The van der Waals surface area contributed by atoms with Crippen molar-refractivity contribution in [3.8, 4) is 0 Å². The maximum atomic E-state index is 12.7. The Morgan fingerprint density at radius 3 is 2.79 bits per heavy atom. The van der Waals surface area contributed by atoms with Crippen LogP contribution in [0.3, 0.4) is 0 Å². The number of alkyl halides is 3. The lowest BCUT2D eigenvalue weighted by Gasteiger charge is -2.11. The lowest BCUT2D eigenvalue weighted by atomic mass is 10.0. The summed E-state index contributed by atoms with van der Waals surface area (Å²) in [5.41, 5.74) is -0.421. The average Bonchev–Trinajstić information content (AvgIpc) is 2.94. The second kappa shape index (κ2) is 7.43. The SMILES string of the molecule is COCc1noc(CCNC(=O)c2cc(C(F)(F)F)ccc2C)n1. The first-order chi connectivity index (χ1) is 11.3. The zero-order valence-electron chi connectivity index (χ0n) is 13.1. The van der Waals surface area contributed by atoms with E-state index in [2.05, 4.69) is 15.5 Å². The molecule has 1 amide bonds. The summed E-state index contributed by atoms with van der Waals surface area (Å²) in [6.45, 7) is 1.94. The molecule has 0 aliphatic heterocycles. The van der Waals surface area contributed by atoms with Gasteiger partial charge in [0.05, 0.1) is 5.56 Å². The maximum absolute atomic E-state index is 12.7. The molecule has 9 heteroatoms. The fraction of sp³-hybridized carbons (Fsp3) is 0.400. The van der Waals surface area contributed by atoms with Crippen LogP contribution in [0.15, 0.2) is 22.7 Å². The summed E-state index contributed by atoms with van der Waals surface area (Å²) in [6.07, 6.45) is -4.23. The fourth-order valence-corrected chi connectivity index (χ4v) is 2.00. The van der Waals surface area contributed by atoms with Crippen molar-refractivity contribution in [2.75, 3.05) is 13.7 Å². The molecule has 130 valence electrons. The van der Waals surface area contributed by atoms with Crippen LogP contribution in [0.5, 0.6) is 0 Å². The van der Waals surface area contributed by atoms with Gasteiger partial charge in [-0.25, -0.2) is 0 Å². The van der Waals surface area contributed by atoms with Gasteiger partial charge >= 0.3 is 6.18 Å². The van der Waals surface area contributed by atoms with Crippen molar-refractivity contribution in [3.05, 3.63) is 46.6 Å². The van der Waals surface area contributed by atoms with Gasteiger partial charge in [-0.2, -0.15) is 18.2 Å². The number of halogens is 3. The van der Waals surface area contributed by atoms with E-state index in [1.165, 1.54) is 13.2 Å². The summed E-state index contributed by atoms with van der Waals surface area (Å²) in [7, 11) is 1.49. The highest BCUT2D eigenvalue weighted by Gasteiger charge is 2.31. The first-order valence-corrected chi connectivity index (χ1v) is 7.07. The number of amides is 1. The number of hydrogen-bond acceptors (Lipinski definition) is 5. The number of carbonyl (C=O) groups excluding carboxylic acids is 1. The predicted octanol–water partition coefficient (Wildman–Crippen LogP) is 2.52. The Morgan fingerprint density at radius 1 is 1.38 bits per heavy atom. The Labute approximate surface area is 136 Å². The number of rotatable bonds is 6. The van der Waals surface area contributed by atoms with Crippen LogP contribution in [0.2, 0.25) is 0 Å². The molecule has 0 aliphatic carbocycles. The van der Waals surface area contributed by atoms with Crippen LogP contribution in [0, 0.1) is 6.92 Å². The first kappa shape index (κ1) is 17.9. The Hall–Kier alpha value is -2.42. The van der Waals surface area contributed by atoms with E-state index >= 15 is 0 Å². The lowest BCUT2D eigenvalue weighted by molar-refractivity contribution is -0.137. The molecular weight excluding hydrogens is 327 g/mol. The molecule has 0 spiro atoms. The van der Waals surface area contributed by atoms with Gasteiger partial charge in [0, 0.05) is 25.6 Å². The molecule has 6 nitrogen and oxygen atoms in total. The zero-order chi connectivity index (χ0) is 17.7. The van der Waals surface area contributed by atoms with Gasteiger partial charge < -0.3 is 14.6 Å². The Kier molecular flexibility index (Phi) is 5.55. The number of methoxy groups -OCH3 is 1. The van der Waals surface area contributed by atoms with Crippen LogP contribution in [0.1, 0.15) is 33.2 Å². The van der Waals surface area contributed by atoms with Gasteiger partial charge in [0.2, 0.25) is 5.89 Å². The van der Waals surface area contributed by atoms with Crippen molar-refractivity contribution < 1.29 is 27.2 Å². The van der Waals surface area contributed by atoms with Gasteiger partial charge in [-0.1, -0.05) is 11.2 Å². The molecule has 0 saturated carbocycles. The van der Waals surface area contributed by atoms with E-state index in [1.807, 2.05) is 0 Å². The molecule has 0 bridgehead atoms. The van der Waals surface area contributed by atoms with Gasteiger partial charge in [-0.3, -0.25) is 4.79 Å². The predicted molar refractivity (Wildman–Crippen MR) is 77.2 cm³/mol. The van der Waals surface area contributed by atoms with E-state index in [4.69, 9.17) is 9.26 Å². The van der Waals surface area contributed by atoms with E-state index < -0.39 is 17.6 Å². The first-order valence-electron chi connectivity index (χ1n) is 7.07. The highest BCUT2D eigenvalue weighted by molar-refractivity contribution is 5.95. The highest BCUT2D eigenvalue weighted by atomic mass is 19.4. The molecule has 0 atom stereocenters. The second-order valence-electron chi connectivity index (χ2n) is 5.07. The molecular formula is C15H16F3N3O3. The van der Waals surface area contributed by atoms with Gasteiger partial charge in [-0.15, -0.1) is 0 Å². The number of nitrogens with one attached hydrogen (secondary N) is 1. The van der Waals surface area contributed by atoms with Crippen LogP contribution >= 0.6 is 0 Å². The quantitative estimate of drug-likeness (QED) is 0.872. The van der Waals surface area contributed by atoms with Crippen LogP contribution in [0.4, 0.5) is 13.2 Å². The van der Waals surface area contributed by atoms with Gasteiger partial charge in [0.15, 0.2) is 5.82 Å². The molecule has 0 unspecified atom stereocenters. The molecule has 2 aromatic rings. The molecule has 2 rings (SSSR count). The van der Waals surface area contributed by atoms with Crippen molar-refractivity contribution in [3.63, 3.8) is 0 Å². The normalized spacial score (nSPS) is 11.5. The third-order valence-corrected chi connectivity index (χ3v) is 3.22. The van der Waals surface area contributed by atoms with E-state index in [9.17, 15) is 18.0 Å². The van der Waals surface area contributed by atoms with E-state index in [0.717, 1.165) is 12.1 Å². The van der Waals surface area contributed by atoms with Crippen molar-refractivity contribution in [2.45, 2.75) is 26.1 Å². The standard InChI is InChI=1S/C15H16F3N3O3/c1-9-3-4-10(15(16,17)18)7-11(9)14(22)19-6-5-13-20-12(8-23-2)21-24-13/h3-4,7H,5-6,8H2,1-2H3,(H,19,22). The average molecular weight is 343 g/mol. The number of aromatic nitrogens is 2. The molecule has 24 heavy (non-hydrogen) atoms. The van der Waals surface area contributed by atoms with Gasteiger partial charge in [0.1, 0.15) is 6.61 Å². The number of carbonyl (C=O) groups is 1. The summed E-state index contributed by atoms with van der Waals surface area (Å²) in [6, 6.07) is 3.06. The molecule has 0 fully saturated rings. The van der Waals surface area contributed by atoms with E-state index in [0.29, 0.717) is 17.3 Å². The Morgan fingerprint density at radius 2 is 2.12 bits per heavy atom. The summed E-state index contributed by atoms with van der Waals surface area (Å²) in [5, 5.41) is 6.21. The summed E-state index contributed by atoms with van der Waals surface area (Å²) >= 11 is 0. The molecule has 1 aromatic carbocycles. The van der Waals surface area contributed by atoms with Crippen molar-refractivity contribution >= 4 is 5.91 Å². The second-order valence-corrected chi connectivity index (χ2v) is 5.07. The Balaban J connectivity index is 1.97. The fourth-order valence-electron chi connectivity index (χ4n) is 2.00. The topological polar surface area (TPSA) is 77.3 Å². The zero-order valence-corrected chi connectivity index (χ0v) is 13.1. The van der Waals surface area contributed by atoms with Crippen molar-refractivity contribution in [2.24, 2.45) is 0 Å². The molecule has 1 heterocycles. The highest BCUT2D eigenvalue weighted by Crippen LogP contribution is 2.30. The third-order valence-electron chi connectivity index (χ3n) is 3.22. The van der Waals surface area contributed by atoms with Crippen molar-refractivity contribution in [1.29, 1.82) is 0 Å². The monoisotopic (exact) mass is 343 g/mol. The molecule has 0 radical (unpaired) electrons. The van der Waals surface area contributed by atoms with Crippen molar-refractivity contribution in [1.82, 2.24) is 15.5 Å². The third kappa shape index (κ3) is 4.54. The maximum Gasteiger partial charge on any atom is 0.416 e. The largest absolute Gasteiger partial charge is 0.416 e. The number of aryl methyl sites for hydroxylation is 1. The van der Waals surface area contributed by atoms with Gasteiger partial charge in [-0.05, 0) is 24.6 Å². The van der Waals surface area contributed by atoms with Gasteiger partial charge in [0.25, 0.3) is 5.91 Å². The number of ether oxygens (including phenoxy) is 1. The molecule has 0 saturated heterocycles. The summed E-state index contributed by atoms with van der Waals surface area (Å²) in [4.78, 5) is 16.1. The Bertz CT molecular complexity index is 713. The van der Waals surface area contributed by atoms with Crippen LogP contribution in [0.25, 0.3) is 0 Å². The minimum absolute atomic E-state index is 0.0181. The summed E-state index contributed by atoms with van der Waals surface area (Å²) in [5.74, 6) is 0.103. The van der Waals surface area contributed by atoms with Crippen LogP contribution < -0.4 is 5.32 Å². The number of benzene rings is 1. The van der Waals surface area contributed by atoms with E-state index in [1.54, 1.807) is 6.92 Å².